The molecule has 22 heavy (non-hydrogen) atoms. The highest BCUT2D eigenvalue weighted by molar-refractivity contribution is 5.97. The first-order valence-corrected chi connectivity index (χ1v) is 7.13. The quantitative estimate of drug-likeness (QED) is 0.669. The van der Waals surface area contributed by atoms with Gasteiger partial charge in [0.1, 0.15) is 5.69 Å². The van der Waals surface area contributed by atoms with Crippen molar-refractivity contribution in [1.29, 1.82) is 0 Å². The van der Waals surface area contributed by atoms with Crippen molar-refractivity contribution in [3.63, 3.8) is 0 Å². The van der Waals surface area contributed by atoms with Crippen LogP contribution in [0.3, 0.4) is 0 Å². The van der Waals surface area contributed by atoms with Gasteiger partial charge in [0, 0.05) is 6.07 Å². The van der Waals surface area contributed by atoms with Crippen LogP contribution < -0.4 is 5.32 Å². The van der Waals surface area contributed by atoms with E-state index in [-0.39, 0.29) is 23.2 Å². The van der Waals surface area contributed by atoms with E-state index in [1.165, 1.54) is 6.07 Å². The zero-order valence-electron chi connectivity index (χ0n) is 12.6. The predicted molar refractivity (Wildman–Crippen MR) is 85.9 cm³/mol. The number of aryl methyl sites for hydroxylation is 1. The third kappa shape index (κ3) is 3.49. The molecule has 0 bridgehead atoms. The minimum absolute atomic E-state index is 0.0868. The summed E-state index contributed by atoms with van der Waals surface area (Å²) in [6.07, 6.45) is 0.621. The van der Waals surface area contributed by atoms with Gasteiger partial charge in [0.05, 0.1) is 10.8 Å². The summed E-state index contributed by atoms with van der Waals surface area (Å²) in [5.74, 6) is -0.567. The second kappa shape index (κ2) is 6.85. The van der Waals surface area contributed by atoms with Gasteiger partial charge >= 0.3 is 0 Å². The molecule has 0 fully saturated rings. The van der Waals surface area contributed by atoms with Gasteiger partial charge in [-0.15, -0.1) is 0 Å². The van der Waals surface area contributed by atoms with Gasteiger partial charge in [0.15, 0.2) is 0 Å². The maximum absolute atomic E-state index is 12.5. The lowest BCUT2D eigenvalue weighted by molar-refractivity contribution is -0.384. The summed E-state index contributed by atoms with van der Waals surface area (Å²) in [6, 6.07) is 14.2. The number of nitro groups is 1. The molecule has 0 aliphatic heterocycles. The lowest BCUT2D eigenvalue weighted by atomic mass is 9.95. The molecule has 5 heteroatoms. The number of anilines is 1. The van der Waals surface area contributed by atoms with Crippen LogP contribution in [0.15, 0.2) is 48.5 Å². The smallest absolute Gasteiger partial charge is 0.293 e. The Labute approximate surface area is 129 Å². The molecule has 1 unspecified atom stereocenters. The van der Waals surface area contributed by atoms with E-state index in [1.807, 2.05) is 37.3 Å². The van der Waals surface area contributed by atoms with Crippen LogP contribution in [0, 0.1) is 17.0 Å². The van der Waals surface area contributed by atoms with E-state index in [2.05, 4.69) is 5.32 Å². The molecule has 1 N–H and O–H groups in total. The van der Waals surface area contributed by atoms with Gasteiger partial charge in [-0.05, 0) is 30.5 Å². The number of benzene rings is 2. The number of rotatable bonds is 5. The van der Waals surface area contributed by atoms with E-state index in [9.17, 15) is 14.9 Å². The zero-order valence-corrected chi connectivity index (χ0v) is 12.6. The van der Waals surface area contributed by atoms with E-state index in [0.717, 1.165) is 11.1 Å². The highest BCUT2D eigenvalue weighted by Crippen LogP contribution is 2.28. The summed E-state index contributed by atoms with van der Waals surface area (Å²) < 4.78 is 0. The number of nitrogens with one attached hydrogen (secondary N) is 1. The van der Waals surface area contributed by atoms with Gasteiger partial charge in [0.2, 0.25) is 5.91 Å². The molecular weight excluding hydrogens is 280 g/mol. The highest BCUT2D eigenvalue weighted by Gasteiger charge is 2.22. The molecule has 5 nitrogen and oxygen atoms in total. The Morgan fingerprint density at radius 1 is 1.23 bits per heavy atom. The Bertz CT molecular complexity index is 684. The fourth-order valence-corrected chi connectivity index (χ4v) is 2.38. The lowest BCUT2D eigenvalue weighted by Crippen LogP contribution is -2.21. The zero-order chi connectivity index (χ0) is 16.1. The van der Waals surface area contributed by atoms with Crippen LogP contribution in [-0.2, 0) is 4.79 Å². The predicted octanol–water partition coefficient (Wildman–Crippen LogP) is 4.04. The van der Waals surface area contributed by atoms with Crippen LogP contribution in [0.1, 0.15) is 30.4 Å². The molecule has 0 aromatic heterocycles. The SMILES string of the molecule is CCC(C(=O)Nc1ccc(C)cc1[N+](=O)[O-])c1ccccc1. The highest BCUT2D eigenvalue weighted by atomic mass is 16.6. The van der Waals surface area contributed by atoms with Crippen molar-refractivity contribution in [2.45, 2.75) is 26.2 Å². The number of carbonyl (C=O) groups is 1. The van der Waals surface area contributed by atoms with E-state index in [4.69, 9.17) is 0 Å². The molecule has 0 spiro atoms. The normalized spacial score (nSPS) is 11.7. The number of nitro benzene ring substituents is 1. The maximum atomic E-state index is 12.5. The minimum Gasteiger partial charge on any atom is -0.320 e. The van der Waals surface area contributed by atoms with Crippen LogP contribution in [0.2, 0.25) is 0 Å². The summed E-state index contributed by atoms with van der Waals surface area (Å²) in [4.78, 5) is 23.1. The lowest BCUT2D eigenvalue weighted by Gasteiger charge is -2.15. The molecule has 0 radical (unpaired) electrons. The van der Waals surface area contributed by atoms with Crippen molar-refractivity contribution in [1.82, 2.24) is 0 Å². The van der Waals surface area contributed by atoms with Crippen molar-refractivity contribution in [3.05, 3.63) is 69.8 Å². The molecule has 1 atom stereocenters. The van der Waals surface area contributed by atoms with Gasteiger partial charge in [0.25, 0.3) is 5.69 Å². The van der Waals surface area contributed by atoms with Gasteiger partial charge in [-0.2, -0.15) is 0 Å². The van der Waals surface area contributed by atoms with Crippen molar-refractivity contribution < 1.29 is 9.72 Å². The summed E-state index contributed by atoms with van der Waals surface area (Å²) in [5.41, 5.74) is 1.82. The van der Waals surface area contributed by atoms with Gasteiger partial charge in [-0.1, -0.05) is 43.3 Å². The summed E-state index contributed by atoms with van der Waals surface area (Å²) in [5, 5.41) is 13.8. The number of carbonyl (C=O) groups excluding carboxylic acids is 1. The van der Waals surface area contributed by atoms with Crippen LogP contribution in [0.5, 0.6) is 0 Å². The van der Waals surface area contributed by atoms with Crippen molar-refractivity contribution >= 4 is 17.3 Å². The molecular formula is C17H18N2O3. The van der Waals surface area contributed by atoms with Crippen molar-refractivity contribution in [2.24, 2.45) is 0 Å². The first-order valence-electron chi connectivity index (χ1n) is 7.13. The Balaban J connectivity index is 2.26. The minimum atomic E-state index is -0.480. The topological polar surface area (TPSA) is 72.2 Å². The molecule has 0 saturated heterocycles. The number of hydrogen-bond donors (Lipinski definition) is 1. The first kappa shape index (κ1) is 15.7. The molecule has 2 rings (SSSR count). The first-order chi connectivity index (χ1) is 10.5. The summed E-state index contributed by atoms with van der Waals surface area (Å²) in [6.45, 7) is 3.69. The van der Waals surface area contributed by atoms with E-state index < -0.39 is 4.92 Å². The summed E-state index contributed by atoms with van der Waals surface area (Å²) in [7, 11) is 0. The Hall–Kier alpha value is -2.69. The average molecular weight is 298 g/mol. The van der Waals surface area contributed by atoms with Crippen LogP contribution in [-0.4, -0.2) is 10.8 Å². The fourth-order valence-electron chi connectivity index (χ4n) is 2.38. The Morgan fingerprint density at radius 3 is 2.50 bits per heavy atom. The number of hydrogen-bond acceptors (Lipinski definition) is 3. The number of nitrogens with zero attached hydrogens (tertiary/aromatic N) is 1. The van der Waals surface area contributed by atoms with E-state index in [0.29, 0.717) is 6.42 Å². The molecule has 114 valence electrons. The van der Waals surface area contributed by atoms with Gasteiger partial charge < -0.3 is 5.32 Å². The van der Waals surface area contributed by atoms with E-state index >= 15 is 0 Å². The molecule has 0 aliphatic rings. The summed E-state index contributed by atoms with van der Waals surface area (Å²) >= 11 is 0. The monoisotopic (exact) mass is 298 g/mol. The average Bonchev–Trinajstić information content (AvgIpc) is 2.50. The number of amides is 1. The largest absolute Gasteiger partial charge is 0.320 e. The third-order valence-corrected chi connectivity index (χ3v) is 3.53. The second-order valence-electron chi connectivity index (χ2n) is 5.14. The van der Waals surface area contributed by atoms with Gasteiger partial charge in [-0.3, -0.25) is 14.9 Å². The molecule has 2 aromatic carbocycles. The molecule has 0 heterocycles. The fraction of sp³-hybridized carbons (Fsp3) is 0.235. The second-order valence-corrected chi connectivity index (χ2v) is 5.14. The Kier molecular flexibility index (Phi) is 4.88. The van der Waals surface area contributed by atoms with Crippen LogP contribution in [0.4, 0.5) is 11.4 Å². The third-order valence-electron chi connectivity index (χ3n) is 3.53. The maximum Gasteiger partial charge on any atom is 0.293 e. The Morgan fingerprint density at radius 2 is 1.91 bits per heavy atom. The molecule has 0 saturated carbocycles. The molecule has 1 amide bonds. The van der Waals surface area contributed by atoms with E-state index in [1.54, 1.807) is 19.1 Å². The van der Waals surface area contributed by atoms with Crippen molar-refractivity contribution in [3.8, 4) is 0 Å². The van der Waals surface area contributed by atoms with Gasteiger partial charge in [-0.25, -0.2) is 0 Å². The van der Waals surface area contributed by atoms with Crippen molar-refractivity contribution in [2.75, 3.05) is 5.32 Å². The van der Waals surface area contributed by atoms with Crippen LogP contribution in [0.25, 0.3) is 0 Å². The van der Waals surface area contributed by atoms with Crippen LogP contribution >= 0.6 is 0 Å². The standard InChI is InChI=1S/C17H18N2O3/c1-3-14(13-7-5-4-6-8-13)17(20)18-15-10-9-12(2)11-16(15)19(21)22/h4-11,14H,3H2,1-2H3,(H,18,20). The molecule has 2 aromatic rings. The molecule has 0 aliphatic carbocycles.